The van der Waals surface area contributed by atoms with E-state index in [1.807, 2.05) is 9.36 Å². The van der Waals surface area contributed by atoms with Crippen LogP contribution in [0.1, 0.15) is 117 Å². The van der Waals surface area contributed by atoms with E-state index < -0.39 is 0 Å². The van der Waals surface area contributed by atoms with Crippen LogP contribution in [0, 0.1) is 0 Å². The third kappa shape index (κ3) is 10.2. The summed E-state index contributed by atoms with van der Waals surface area (Å²) in [5, 5.41) is 17.6. The lowest BCUT2D eigenvalue weighted by Gasteiger charge is -2.02. The summed E-state index contributed by atoms with van der Waals surface area (Å²) < 4.78 is 3.97. The molecule has 0 spiro atoms. The molecule has 0 unspecified atom stereocenters. The van der Waals surface area contributed by atoms with Gasteiger partial charge in [0.1, 0.15) is 11.4 Å². The molecule has 2 heterocycles. The van der Waals surface area contributed by atoms with Crippen LogP contribution in [-0.2, 0) is 13.1 Å². The Kier molecular flexibility index (Phi) is 13.3. The highest BCUT2D eigenvalue weighted by molar-refractivity contribution is 5.68. The summed E-state index contributed by atoms with van der Waals surface area (Å²) in [4.78, 5) is 0. The van der Waals surface area contributed by atoms with Gasteiger partial charge in [-0.15, -0.1) is 10.2 Å². The zero-order valence-corrected chi connectivity index (χ0v) is 22.9. The van der Waals surface area contributed by atoms with Gasteiger partial charge in [-0.05, 0) is 18.9 Å². The fraction of sp³-hybridized carbons (Fsp3) is 0.667. The van der Waals surface area contributed by atoms with Crippen molar-refractivity contribution in [1.29, 1.82) is 0 Å². The summed E-state index contributed by atoms with van der Waals surface area (Å²) in [6.07, 6.45) is 25.3. The third-order valence-corrected chi connectivity index (χ3v) is 7.01. The van der Waals surface area contributed by atoms with Crippen molar-refractivity contribution in [2.24, 2.45) is 0 Å². The van der Waals surface area contributed by atoms with Gasteiger partial charge < -0.3 is 0 Å². The second kappa shape index (κ2) is 17.0. The van der Waals surface area contributed by atoms with Crippen molar-refractivity contribution in [3.05, 3.63) is 36.7 Å². The first-order valence-electron chi connectivity index (χ1n) is 14.7. The molecule has 0 aliphatic carbocycles. The lowest BCUT2D eigenvalue weighted by molar-refractivity contribution is 0.511. The highest BCUT2D eigenvalue weighted by Crippen LogP contribution is 2.24. The monoisotopic (exact) mass is 492 g/mol. The van der Waals surface area contributed by atoms with Crippen molar-refractivity contribution in [3.8, 4) is 22.5 Å². The zero-order chi connectivity index (χ0) is 25.3. The van der Waals surface area contributed by atoms with Crippen LogP contribution in [0.4, 0.5) is 0 Å². The van der Waals surface area contributed by atoms with Crippen LogP contribution < -0.4 is 0 Å². The second-order valence-corrected chi connectivity index (χ2v) is 10.3. The number of unbranched alkanes of at least 4 members (excludes halogenated alkanes) is 14. The van der Waals surface area contributed by atoms with Crippen molar-refractivity contribution >= 4 is 0 Å². The molecule has 0 radical (unpaired) electrons. The fourth-order valence-electron chi connectivity index (χ4n) is 4.73. The Balaban J connectivity index is 1.41. The molecule has 6 heteroatoms. The van der Waals surface area contributed by atoms with Gasteiger partial charge in [-0.25, -0.2) is 0 Å². The summed E-state index contributed by atoms with van der Waals surface area (Å²) in [5.74, 6) is 0. The van der Waals surface area contributed by atoms with Crippen LogP contribution in [0.5, 0.6) is 0 Å². The molecule has 2 aromatic heterocycles. The molecular formula is C30H48N6. The largest absolute Gasteiger partial charge is 0.252 e. The van der Waals surface area contributed by atoms with E-state index in [1.165, 1.54) is 103 Å². The molecule has 6 nitrogen and oxygen atoms in total. The van der Waals surface area contributed by atoms with Crippen LogP contribution in [0.15, 0.2) is 36.7 Å². The number of nitrogens with zero attached hydrogens (tertiary/aromatic N) is 6. The van der Waals surface area contributed by atoms with E-state index in [0.29, 0.717) is 0 Å². The molecule has 198 valence electrons. The van der Waals surface area contributed by atoms with Gasteiger partial charge in [-0.3, -0.25) is 9.36 Å². The summed E-state index contributed by atoms with van der Waals surface area (Å²) in [5.41, 5.74) is 3.99. The molecule has 0 bridgehead atoms. The maximum absolute atomic E-state index is 4.43. The van der Waals surface area contributed by atoms with Gasteiger partial charge in [-0.1, -0.05) is 132 Å². The molecule has 0 fully saturated rings. The Bertz CT molecular complexity index is 886. The number of aryl methyl sites for hydroxylation is 2. The third-order valence-electron chi connectivity index (χ3n) is 7.01. The van der Waals surface area contributed by atoms with Gasteiger partial charge >= 0.3 is 0 Å². The Labute approximate surface area is 218 Å². The van der Waals surface area contributed by atoms with Crippen molar-refractivity contribution in [3.63, 3.8) is 0 Å². The standard InChI is InChI=1S/C30H48N6/c1-3-5-7-9-11-13-15-17-22-35-25-29(31-33-35)27-20-19-21-28(24-27)30-26-36(34-32-30)23-18-16-14-12-10-8-6-4-2/h19-21,24-26H,3-18,22-23H2,1-2H3. The normalized spacial score (nSPS) is 11.4. The molecule has 36 heavy (non-hydrogen) atoms. The van der Waals surface area contributed by atoms with Gasteiger partial charge in [0.15, 0.2) is 0 Å². The van der Waals surface area contributed by atoms with E-state index in [9.17, 15) is 0 Å². The summed E-state index contributed by atoms with van der Waals surface area (Å²) in [6, 6.07) is 8.41. The van der Waals surface area contributed by atoms with E-state index in [-0.39, 0.29) is 0 Å². The van der Waals surface area contributed by atoms with Gasteiger partial charge in [0.05, 0.1) is 12.4 Å². The van der Waals surface area contributed by atoms with Crippen LogP contribution >= 0.6 is 0 Å². The number of hydrogen-bond donors (Lipinski definition) is 0. The van der Waals surface area contributed by atoms with E-state index in [4.69, 9.17) is 0 Å². The zero-order valence-electron chi connectivity index (χ0n) is 22.9. The predicted molar refractivity (Wildman–Crippen MR) is 150 cm³/mol. The van der Waals surface area contributed by atoms with Gasteiger partial charge in [0.25, 0.3) is 0 Å². The number of benzene rings is 1. The Morgan fingerprint density at radius 1 is 0.528 bits per heavy atom. The summed E-state index contributed by atoms with van der Waals surface area (Å²) >= 11 is 0. The van der Waals surface area contributed by atoms with Crippen LogP contribution in [-0.4, -0.2) is 30.0 Å². The van der Waals surface area contributed by atoms with Gasteiger partial charge in [-0.2, -0.15) is 0 Å². The predicted octanol–water partition coefficient (Wildman–Crippen LogP) is 8.49. The smallest absolute Gasteiger partial charge is 0.113 e. The Morgan fingerprint density at radius 3 is 1.33 bits per heavy atom. The maximum atomic E-state index is 4.43. The SMILES string of the molecule is CCCCCCCCCCn1cc(-c2cccc(-c3cn(CCCCCCCCCC)nn3)c2)nn1. The summed E-state index contributed by atoms with van der Waals surface area (Å²) in [7, 11) is 0. The first-order chi connectivity index (χ1) is 17.8. The lowest BCUT2D eigenvalue weighted by atomic mass is 10.1. The highest BCUT2D eigenvalue weighted by atomic mass is 15.4. The number of rotatable bonds is 20. The van der Waals surface area contributed by atoms with E-state index in [2.05, 4.69) is 71.1 Å². The van der Waals surface area contributed by atoms with Crippen molar-refractivity contribution in [2.45, 2.75) is 130 Å². The molecular weight excluding hydrogens is 444 g/mol. The van der Waals surface area contributed by atoms with E-state index >= 15 is 0 Å². The number of aromatic nitrogens is 6. The second-order valence-electron chi connectivity index (χ2n) is 10.3. The molecule has 0 saturated carbocycles. The van der Waals surface area contributed by atoms with Crippen molar-refractivity contribution in [2.75, 3.05) is 0 Å². The minimum atomic E-state index is 0.919. The Morgan fingerprint density at radius 2 is 0.917 bits per heavy atom. The van der Waals surface area contributed by atoms with Crippen LogP contribution in [0.3, 0.4) is 0 Å². The molecule has 3 aromatic rings. The molecule has 0 saturated heterocycles. The van der Waals surface area contributed by atoms with Crippen LogP contribution in [0.2, 0.25) is 0 Å². The van der Waals surface area contributed by atoms with E-state index in [0.717, 1.165) is 35.6 Å². The topological polar surface area (TPSA) is 61.4 Å². The molecule has 0 N–H and O–H groups in total. The van der Waals surface area contributed by atoms with Gasteiger partial charge in [0, 0.05) is 24.2 Å². The molecule has 0 aliphatic heterocycles. The molecule has 1 aromatic carbocycles. The van der Waals surface area contributed by atoms with Crippen molar-refractivity contribution < 1.29 is 0 Å². The van der Waals surface area contributed by atoms with Gasteiger partial charge in [0.2, 0.25) is 0 Å². The first kappa shape index (κ1) is 28.1. The number of hydrogen-bond acceptors (Lipinski definition) is 4. The average molecular weight is 493 g/mol. The first-order valence-corrected chi connectivity index (χ1v) is 14.7. The average Bonchev–Trinajstić information content (AvgIpc) is 3.57. The molecule has 0 aliphatic rings. The quantitative estimate of drug-likeness (QED) is 0.148. The minimum absolute atomic E-state index is 0.919. The molecule has 0 atom stereocenters. The van der Waals surface area contributed by atoms with Crippen molar-refractivity contribution in [1.82, 2.24) is 30.0 Å². The fourth-order valence-corrected chi connectivity index (χ4v) is 4.73. The Hall–Kier alpha value is -2.50. The lowest BCUT2D eigenvalue weighted by Crippen LogP contribution is -1.98. The minimum Gasteiger partial charge on any atom is -0.252 e. The van der Waals surface area contributed by atoms with Crippen LogP contribution in [0.25, 0.3) is 22.5 Å². The highest BCUT2D eigenvalue weighted by Gasteiger charge is 2.09. The maximum Gasteiger partial charge on any atom is 0.113 e. The summed E-state index contributed by atoms with van der Waals surface area (Å²) in [6.45, 7) is 6.42. The van der Waals surface area contributed by atoms with E-state index in [1.54, 1.807) is 0 Å². The molecule has 3 rings (SSSR count). The molecule has 0 amide bonds.